The number of aliphatic hydroxyl groups excluding tert-OH is 2. The maximum Gasteiger partial charge on any atom is 0.371 e. The molecule has 0 aromatic heterocycles. The highest BCUT2D eigenvalue weighted by atomic mass is 16.7. The van der Waals surface area contributed by atoms with Crippen molar-refractivity contribution < 1.29 is 58.3 Å². The molecule has 0 radical (unpaired) electrons. The molecule has 8 N–H and O–H groups in total. The number of aliphatic carboxylic acids is 1. The van der Waals surface area contributed by atoms with Gasteiger partial charge in [0.05, 0.1) is 5.69 Å². The lowest BCUT2D eigenvalue weighted by Crippen LogP contribution is -2.56. The molecule has 45 heavy (non-hydrogen) atoms. The third-order valence-electron chi connectivity index (χ3n) is 6.54. The van der Waals surface area contributed by atoms with E-state index < -0.39 is 71.8 Å². The maximum absolute atomic E-state index is 12.6. The number of aliphatic hydroxyl groups is 2. The summed E-state index contributed by atoms with van der Waals surface area (Å²) in [6.07, 6.45) is -1.47. The number of hydrogen-bond donors (Lipinski definition) is 7. The number of anilines is 1. The number of carbonyl (C=O) groups excluding carboxylic acids is 5. The fourth-order valence-corrected chi connectivity index (χ4v) is 4.18. The lowest BCUT2D eigenvalue weighted by atomic mass is 10.1. The van der Waals surface area contributed by atoms with E-state index in [2.05, 4.69) is 16.0 Å². The molecular formula is C27H34BN5O12. The van der Waals surface area contributed by atoms with Crippen LogP contribution in [0.2, 0.25) is 0 Å². The van der Waals surface area contributed by atoms with Crippen LogP contribution in [0.5, 0.6) is 5.75 Å². The molecule has 18 heteroatoms. The van der Waals surface area contributed by atoms with Crippen molar-refractivity contribution in [2.75, 3.05) is 25.0 Å². The lowest BCUT2D eigenvalue weighted by Gasteiger charge is -2.31. The van der Waals surface area contributed by atoms with Gasteiger partial charge in [0.25, 0.3) is 18.1 Å². The van der Waals surface area contributed by atoms with Crippen molar-refractivity contribution in [1.29, 1.82) is 0 Å². The Kier molecular flexibility index (Phi) is 12.0. The summed E-state index contributed by atoms with van der Waals surface area (Å²) in [5.41, 5.74) is 6.51. The summed E-state index contributed by atoms with van der Waals surface area (Å²) in [6.45, 7) is 1.45. The zero-order valence-electron chi connectivity index (χ0n) is 24.4. The highest BCUT2D eigenvalue weighted by molar-refractivity contribution is 6.55. The summed E-state index contributed by atoms with van der Waals surface area (Å²) in [5, 5.41) is 37.7. The Hall–Kier alpha value is -4.94. The molecule has 2 aliphatic heterocycles. The predicted molar refractivity (Wildman–Crippen MR) is 156 cm³/mol. The molecular weight excluding hydrogens is 597 g/mol. The van der Waals surface area contributed by atoms with E-state index in [0.29, 0.717) is 17.7 Å². The van der Waals surface area contributed by atoms with Gasteiger partial charge >= 0.3 is 5.97 Å². The molecule has 0 fully saturated rings. The number of carboxylic acid groups (broad SMARTS) is 1. The second kappa shape index (κ2) is 15.7. The molecule has 4 amide bonds. The normalized spacial score (nSPS) is 20.4. The Bertz CT molecular complexity index is 1370. The number of hydrogen-bond acceptors (Lipinski definition) is 13. The van der Waals surface area contributed by atoms with Crippen LogP contribution in [0, 0.1) is 0 Å². The zero-order chi connectivity index (χ0) is 33.3. The Morgan fingerprint density at radius 2 is 1.80 bits per heavy atom. The molecule has 0 spiro atoms. The van der Waals surface area contributed by atoms with Gasteiger partial charge in [-0.1, -0.05) is 6.07 Å². The van der Waals surface area contributed by atoms with Crippen LogP contribution in [-0.4, -0.2) is 114 Å². The Morgan fingerprint density at radius 1 is 1.11 bits per heavy atom. The minimum Gasteiger partial charge on any atom is -0.475 e. The molecule has 0 saturated heterocycles. The molecule has 1 aromatic rings. The summed E-state index contributed by atoms with van der Waals surface area (Å²) < 4.78 is 15.9. The first kappa shape index (κ1) is 34.6. The molecule has 17 nitrogen and oxygen atoms in total. The largest absolute Gasteiger partial charge is 0.475 e. The van der Waals surface area contributed by atoms with Gasteiger partial charge in [-0.2, -0.15) is 0 Å². The number of imide groups is 1. The summed E-state index contributed by atoms with van der Waals surface area (Å²) in [6, 6.07) is 2.35. The molecule has 0 saturated carbocycles. The summed E-state index contributed by atoms with van der Waals surface area (Å²) in [4.78, 5) is 72.2. The number of carboxylic acids is 1. The van der Waals surface area contributed by atoms with Crippen LogP contribution in [0.1, 0.15) is 18.9 Å². The van der Waals surface area contributed by atoms with Crippen molar-refractivity contribution in [1.82, 2.24) is 15.5 Å². The minimum absolute atomic E-state index is 0.0568. The zero-order valence-corrected chi connectivity index (χ0v) is 24.4. The summed E-state index contributed by atoms with van der Waals surface area (Å²) in [7, 11) is 1.25. The summed E-state index contributed by atoms with van der Waals surface area (Å²) in [5.74, 6) is -5.11. The molecule has 2 aliphatic rings. The quantitative estimate of drug-likeness (QED) is 0.0581. The number of benzene rings is 1. The Labute approximate surface area is 257 Å². The van der Waals surface area contributed by atoms with E-state index in [0.717, 1.165) is 23.1 Å². The number of amides is 4. The van der Waals surface area contributed by atoms with E-state index in [9.17, 15) is 44.1 Å². The lowest BCUT2D eigenvalue weighted by molar-refractivity contribution is -0.172. The van der Waals surface area contributed by atoms with Crippen molar-refractivity contribution in [2.24, 2.45) is 5.73 Å². The molecule has 242 valence electrons. The van der Waals surface area contributed by atoms with E-state index in [1.54, 1.807) is 12.1 Å². The van der Waals surface area contributed by atoms with E-state index in [1.165, 1.54) is 20.8 Å². The first-order valence-electron chi connectivity index (χ1n) is 13.8. The second-order valence-electron chi connectivity index (χ2n) is 9.97. The van der Waals surface area contributed by atoms with E-state index in [-0.39, 0.29) is 32.0 Å². The van der Waals surface area contributed by atoms with Crippen LogP contribution in [0.15, 0.2) is 42.2 Å². The first-order valence-corrected chi connectivity index (χ1v) is 13.8. The number of carbonyl (C=O) groups is 6. The fourth-order valence-electron chi connectivity index (χ4n) is 4.18. The van der Waals surface area contributed by atoms with E-state index in [1.807, 2.05) is 0 Å². The van der Waals surface area contributed by atoms with Gasteiger partial charge in [0.15, 0.2) is 6.10 Å². The molecule has 5 atom stereocenters. The van der Waals surface area contributed by atoms with Gasteiger partial charge < -0.3 is 51.2 Å². The van der Waals surface area contributed by atoms with Gasteiger partial charge in [-0.25, -0.2) is 4.79 Å². The molecule has 2 heterocycles. The van der Waals surface area contributed by atoms with Crippen molar-refractivity contribution in [3.8, 4) is 5.75 Å². The average molecular weight is 631 g/mol. The number of nitrogens with two attached hydrogens (primary N) is 1. The Balaban J connectivity index is 1.56. The van der Waals surface area contributed by atoms with Gasteiger partial charge in [-0.05, 0) is 37.1 Å². The third-order valence-corrected chi connectivity index (χ3v) is 6.54. The van der Waals surface area contributed by atoms with Gasteiger partial charge in [0.2, 0.25) is 31.3 Å². The highest BCUT2D eigenvalue weighted by Gasteiger charge is 2.37. The first-order chi connectivity index (χ1) is 21.3. The van der Waals surface area contributed by atoms with Gasteiger partial charge in [0, 0.05) is 31.8 Å². The standard InChI is InChI=1S/C27H34BN5O12/c1-13(32-24(39)16(11-29)33-20(35)5-6-21(33)36)23(38)31-8-2-7-30-15-9-14(12-43-27(28)42)3-4-18(15)44-26-22(37)17(34)10-19(45-26)25(40)41/h3-6,9-10,13,16-17,22,26,30,34,37H,2,7-8,11-12,28-29H2,1H3,(H,31,38)(H,32,39)(H,40,41)/t13-,16?,17?,22+,26?/m0/s1. The minimum atomic E-state index is -1.60. The average Bonchev–Trinajstić information content (AvgIpc) is 3.32. The number of nitrogens with one attached hydrogen (secondary N) is 3. The topological polar surface area (TPSA) is 256 Å². The van der Waals surface area contributed by atoms with E-state index >= 15 is 0 Å². The van der Waals surface area contributed by atoms with Crippen molar-refractivity contribution in [3.63, 3.8) is 0 Å². The third kappa shape index (κ3) is 9.28. The monoisotopic (exact) mass is 631 g/mol. The Morgan fingerprint density at radius 3 is 2.42 bits per heavy atom. The van der Waals surface area contributed by atoms with Crippen molar-refractivity contribution in [3.05, 3.63) is 47.7 Å². The number of nitrogens with zero attached hydrogens (tertiary/aromatic N) is 1. The van der Waals surface area contributed by atoms with Crippen molar-refractivity contribution in [2.45, 2.75) is 50.5 Å². The predicted octanol–water partition coefficient (Wildman–Crippen LogP) is -2.94. The number of ether oxygens (including phenoxy) is 3. The SMILES string of the molecule is BC(=O)OCc1ccc(OC2OC(C(=O)O)=CC(O)[C@H]2O)c(NCCCNC(=O)[C@H](C)NC(=O)C(CN)N2C(=O)C=CC2=O)c1. The molecule has 1 aromatic carbocycles. The van der Waals surface area contributed by atoms with Crippen molar-refractivity contribution >= 4 is 49.0 Å². The van der Waals surface area contributed by atoms with Crippen LogP contribution in [0.25, 0.3) is 0 Å². The molecule has 0 aliphatic carbocycles. The van der Waals surface area contributed by atoms with Crippen LogP contribution >= 0.6 is 0 Å². The smallest absolute Gasteiger partial charge is 0.371 e. The molecule has 0 bridgehead atoms. The van der Waals surface area contributed by atoms with Gasteiger partial charge in [-0.15, -0.1) is 0 Å². The molecule has 3 rings (SSSR count). The van der Waals surface area contributed by atoms with Gasteiger partial charge in [0.1, 0.15) is 30.5 Å². The fraction of sp³-hybridized carbons (Fsp3) is 0.407. The van der Waals surface area contributed by atoms with E-state index in [4.69, 9.17) is 19.9 Å². The van der Waals surface area contributed by atoms with Crippen LogP contribution < -0.4 is 26.4 Å². The van der Waals surface area contributed by atoms with Crippen LogP contribution in [-0.2, 0) is 40.1 Å². The maximum atomic E-state index is 12.6. The molecule has 3 unspecified atom stereocenters. The second-order valence-corrected chi connectivity index (χ2v) is 9.97. The summed E-state index contributed by atoms with van der Waals surface area (Å²) >= 11 is 0. The van der Waals surface area contributed by atoms with Gasteiger partial charge in [-0.3, -0.25) is 28.9 Å². The van der Waals surface area contributed by atoms with Crippen LogP contribution in [0.3, 0.4) is 0 Å². The highest BCUT2D eigenvalue weighted by Crippen LogP contribution is 2.30. The number of rotatable bonds is 15. The van der Waals surface area contributed by atoms with Crippen LogP contribution in [0.4, 0.5) is 10.5 Å².